The summed E-state index contributed by atoms with van der Waals surface area (Å²) in [7, 11) is 0. The summed E-state index contributed by atoms with van der Waals surface area (Å²) in [5.41, 5.74) is 7.44. The fourth-order valence-electron chi connectivity index (χ4n) is 4.76. The molecule has 1 saturated heterocycles. The summed E-state index contributed by atoms with van der Waals surface area (Å²) in [6, 6.07) is 6.12. The van der Waals surface area contributed by atoms with Crippen LogP contribution in [0.25, 0.3) is 33.4 Å². The maximum atomic E-state index is 12.1. The van der Waals surface area contributed by atoms with Gasteiger partial charge in [-0.3, -0.25) is 9.48 Å². The van der Waals surface area contributed by atoms with E-state index in [4.69, 9.17) is 9.72 Å². The number of rotatable bonds is 10. The summed E-state index contributed by atoms with van der Waals surface area (Å²) in [5.74, 6) is 0.937. The summed E-state index contributed by atoms with van der Waals surface area (Å²) in [5, 5.41) is 8.60. The Kier molecular flexibility index (Phi) is 7.33. The number of fused-ring (bicyclic) bond motifs is 1. The number of anilines is 1. The second-order valence-corrected chi connectivity index (χ2v) is 10.5. The van der Waals surface area contributed by atoms with Gasteiger partial charge in [-0.25, -0.2) is 4.98 Å². The van der Waals surface area contributed by atoms with Crippen molar-refractivity contribution in [2.24, 2.45) is 5.92 Å². The summed E-state index contributed by atoms with van der Waals surface area (Å²) >= 11 is 0. The number of pyridine rings is 1. The Labute approximate surface area is 223 Å². The van der Waals surface area contributed by atoms with Crippen molar-refractivity contribution >= 4 is 22.6 Å². The molecule has 5 rings (SSSR count). The van der Waals surface area contributed by atoms with Crippen molar-refractivity contribution < 1.29 is 9.53 Å². The lowest BCUT2D eigenvalue weighted by molar-refractivity contribution is -0.111. The van der Waals surface area contributed by atoms with E-state index in [0.717, 1.165) is 69.1 Å². The fourth-order valence-corrected chi connectivity index (χ4v) is 4.76. The highest BCUT2D eigenvalue weighted by atomic mass is 16.5. The van der Waals surface area contributed by atoms with Gasteiger partial charge in [-0.1, -0.05) is 32.6 Å². The normalized spacial score (nSPS) is 13.6. The number of hydrogen-bond donors (Lipinski definition) is 2. The summed E-state index contributed by atoms with van der Waals surface area (Å²) < 4.78 is 8.14. The first-order valence-electron chi connectivity index (χ1n) is 13.3. The number of carbonyl (C=O) groups excluding carboxylic acids is 1. The molecule has 8 heteroatoms. The molecule has 1 amide bonds. The molecule has 0 bridgehead atoms. The number of nitrogens with zero attached hydrogens (tertiary/aromatic N) is 4. The number of H-pyrrole nitrogens is 1. The van der Waals surface area contributed by atoms with E-state index in [1.165, 1.54) is 25.6 Å². The second kappa shape index (κ2) is 10.8. The van der Waals surface area contributed by atoms with Gasteiger partial charge in [0.25, 0.3) is 0 Å². The second-order valence-electron chi connectivity index (χ2n) is 10.5. The van der Waals surface area contributed by atoms with E-state index in [0.29, 0.717) is 12.5 Å². The van der Waals surface area contributed by atoms with Crippen LogP contribution in [-0.2, 0) is 11.3 Å². The van der Waals surface area contributed by atoms with Gasteiger partial charge in [-0.05, 0) is 62.5 Å². The minimum atomic E-state index is -0.241. The van der Waals surface area contributed by atoms with Crippen LogP contribution in [0.4, 0.5) is 5.69 Å². The minimum Gasteiger partial charge on any atom is -0.491 e. The first-order chi connectivity index (χ1) is 18.3. The molecule has 0 aliphatic carbocycles. The van der Waals surface area contributed by atoms with E-state index in [1.807, 2.05) is 29.9 Å². The van der Waals surface area contributed by atoms with E-state index < -0.39 is 0 Å². The van der Waals surface area contributed by atoms with Gasteiger partial charge in [-0.2, -0.15) is 5.10 Å². The number of ether oxygens (including phenoxy) is 1. The van der Waals surface area contributed by atoms with Gasteiger partial charge in [0.05, 0.1) is 31.2 Å². The molecular formula is C30H36N6O2. The molecule has 1 aliphatic rings. The molecule has 1 fully saturated rings. The van der Waals surface area contributed by atoms with Crippen molar-refractivity contribution in [2.45, 2.75) is 40.7 Å². The van der Waals surface area contributed by atoms with Crippen LogP contribution in [0.2, 0.25) is 0 Å². The van der Waals surface area contributed by atoms with E-state index in [1.54, 1.807) is 6.20 Å². The Morgan fingerprint density at radius 1 is 1.21 bits per heavy atom. The maximum absolute atomic E-state index is 12.1. The highest BCUT2D eigenvalue weighted by Crippen LogP contribution is 2.42. The first kappa shape index (κ1) is 25.7. The lowest BCUT2D eigenvalue weighted by Gasteiger charge is -2.30. The van der Waals surface area contributed by atoms with Crippen LogP contribution in [0.3, 0.4) is 0 Å². The molecule has 0 unspecified atom stereocenters. The highest BCUT2D eigenvalue weighted by Gasteiger charge is 2.22. The molecule has 0 atom stereocenters. The van der Waals surface area contributed by atoms with Crippen molar-refractivity contribution in [1.82, 2.24) is 24.6 Å². The Morgan fingerprint density at radius 2 is 2.03 bits per heavy atom. The SMILES string of the molecule is C=CC(=O)Nc1cc(-c2c(-c3cnn(CCN4CCC4)c3)[nH]c3ncc(OCC(C)C)c(C)c23)ccc1C. The topological polar surface area (TPSA) is 88.1 Å². The van der Waals surface area contributed by atoms with Crippen LogP contribution >= 0.6 is 0 Å². The van der Waals surface area contributed by atoms with Gasteiger partial charge in [0.2, 0.25) is 5.91 Å². The Bertz CT molecular complexity index is 1480. The molecule has 4 heterocycles. The summed E-state index contributed by atoms with van der Waals surface area (Å²) in [6.45, 7) is 16.7. The van der Waals surface area contributed by atoms with Crippen LogP contribution in [0.15, 0.2) is 49.4 Å². The molecule has 198 valence electrons. The van der Waals surface area contributed by atoms with Crippen molar-refractivity contribution in [3.8, 4) is 28.1 Å². The lowest BCUT2D eigenvalue weighted by Crippen LogP contribution is -2.39. The number of benzene rings is 1. The number of aromatic amines is 1. The minimum absolute atomic E-state index is 0.241. The maximum Gasteiger partial charge on any atom is 0.247 e. The average molecular weight is 513 g/mol. The van der Waals surface area contributed by atoms with Crippen molar-refractivity contribution in [3.05, 3.63) is 60.6 Å². The zero-order valence-electron chi connectivity index (χ0n) is 22.7. The molecule has 0 radical (unpaired) electrons. The van der Waals surface area contributed by atoms with Gasteiger partial charge in [-0.15, -0.1) is 0 Å². The van der Waals surface area contributed by atoms with E-state index in [-0.39, 0.29) is 5.91 Å². The van der Waals surface area contributed by atoms with Crippen LogP contribution in [0, 0.1) is 19.8 Å². The summed E-state index contributed by atoms with van der Waals surface area (Å²) in [6.07, 6.45) is 8.36. The first-order valence-corrected chi connectivity index (χ1v) is 13.3. The molecule has 1 aliphatic heterocycles. The zero-order chi connectivity index (χ0) is 26.8. The van der Waals surface area contributed by atoms with E-state index in [2.05, 4.69) is 59.9 Å². The van der Waals surface area contributed by atoms with Crippen LogP contribution in [0.5, 0.6) is 5.75 Å². The number of carbonyl (C=O) groups is 1. The van der Waals surface area contributed by atoms with Gasteiger partial charge >= 0.3 is 0 Å². The third-order valence-corrected chi connectivity index (χ3v) is 7.09. The van der Waals surface area contributed by atoms with Gasteiger partial charge in [0, 0.05) is 40.5 Å². The standard InChI is InChI=1S/C30H36N6O2/c1-6-26(37)33-24-14-22(9-8-20(24)4)28-27-21(5)25(38-18-19(2)3)16-31-30(27)34-29(28)23-15-32-36(17-23)13-12-35-10-7-11-35/h6,8-9,14-17,19H,1,7,10-13,18H2,2-5H3,(H,31,34)(H,33,37). The average Bonchev–Trinajstić information content (AvgIpc) is 3.49. The number of hydrogen-bond acceptors (Lipinski definition) is 5. The lowest BCUT2D eigenvalue weighted by atomic mass is 9.96. The molecule has 3 aromatic heterocycles. The molecule has 0 spiro atoms. The van der Waals surface area contributed by atoms with Crippen molar-refractivity contribution in [1.29, 1.82) is 0 Å². The molecular weight excluding hydrogens is 476 g/mol. The smallest absolute Gasteiger partial charge is 0.247 e. The molecule has 38 heavy (non-hydrogen) atoms. The van der Waals surface area contributed by atoms with Crippen LogP contribution in [-0.4, -0.2) is 56.8 Å². The third-order valence-electron chi connectivity index (χ3n) is 7.09. The Hall–Kier alpha value is -3.91. The van der Waals surface area contributed by atoms with Crippen LogP contribution in [0.1, 0.15) is 31.4 Å². The molecule has 8 nitrogen and oxygen atoms in total. The fraction of sp³-hybridized carbons (Fsp3) is 0.367. The molecule has 2 N–H and O–H groups in total. The van der Waals surface area contributed by atoms with Gasteiger partial charge in [0.15, 0.2) is 0 Å². The third kappa shape index (κ3) is 5.22. The van der Waals surface area contributed by atoms with Gasteiger partial charge in [0.1, 0.15) is 11.4 Å². The quantitative estimate of drug-likeness (QED) is 0.271. The number of aryl methyl sites for hydroxylation is 2. The van der Waals surface area contributed by atoms with Crippen molar-refractivity contribution in [2.75, 3.05) is 31.6 Å². The number of nitrogens with one attached hydrogen (secondary N) is 2. The Balaban J connectivity index is 1.62. The number of amides is 1. The van der Waals surface area contributed by atoms with Crippen molar-refractivity contribution in [3.63, 3.8) is 0 Å². The van der Waals surface area contributed by atoms with Gasteiger partial charge < -0.3 is 19.9 Å². The predicted octanol–water partition coefficient (Wildman–Crippen LogP) is 5.58. The summed E-state index contributed by atoms with van der Waals surface area (Å²) in [4.78, 5) is 22.9. The van der Waals surface area contributed by atoms with E-state index in [9.17, 15) is 4.79 Å². The van der Waals surface area contributed by atoms with E-state index >= 15 is 0 Å². The molecule has 1 aromatic carbocycles. The largest absolute Gasteiger partial charge is 0.491 e. The predicted molar refractivity (Wildman–Crippen MR) is 152 cm³/mol. The number of likely N-dealkylation sites (tertiary alicyclic amines) is 1. The molecule has 0 saturated carbocycles. The monoisotopic (exact) mass is 512 g/mol. The highest BCUT2D eigenvalue weighted by molar-refractivity contribution is 6.06. The number of aromatic nitrogens is 4. The Morgan fingerprint density at radius 3 is 2.74 bits per heavy atom. The zero-order valence-corrected chi connectivity index (χ0v) is 22.7. The van der Waals surface area contributed by atoms with Crippen LogP contribution < -0.4 is 10.1 Å². The molecule has 4 aromatic rings.